The van der Waals surface area contributed by atoms with E-state index < -0.39 is 23.4 Å². The number of unbranched alkanes of at least 4 members (excludes halogenated alkanes) is 1. The van der Waals surface area contributed by atoms with Gasteiger partial charge < -0.3 is 9.47 Å². The van der Waals surface area contributed by atoms with Gasteiger partial charge in [0.15, 0.2) is 11.6 Å². The predicted molar refractivity (Wildman–Crippen MR) is 125 cm³/mol. The van der Waals surface area contributed by atoms with Crippen LogP contribution in [0.5, 0.6) is 11.5 Å². The molecule has 1 fully saturated rings. The molecule has 0 bridgehead atoms. The highest BCUT2D eigenvalue weighted by Crippen LogP contribution is 2.49. The number of carbonyl (C=O) groups is 1. The van der Waals surface area contributed by atoms with Gasteiger partial charge in [-0.25, -0.2) is 13.6 Å². The Morgan fingerprint density at radius 1 is 1.00 bits per heavy atom. The van der Waals surface area contributed by atoms with Crippen LogP contribution >= 0.6 is 0 Å². The Morgan fingerprint density at radius 2 is 1.79 bits per heavy atom. The van der Waals surface area contributed by atoms with Gasteiger partial charge >= 0.3 is 5.97 Å². The van der Waals surface area contributed by atoms with Crippen molar-refractivity contribution in [2.24, 2.45) is 17.8 Å². The molecule has 2 aliphatic rings. The fourth-order valence-electron chi connectivity index (χ4n) is 5.39. The molecule has 0 radical (unpaired) electrons. The lowest BCUT2D eigenvalue weighted by Gasteiger charge is -2.19. The molecule has 6 heteroatoms. The lowest BCUT2D eigenvalue weighted by atomic mass is 9.87. The minimum absolute atomic E-state index is 0.0408. The van der Waals surface area contributed by atoms with Gasteiger partial charge in [-0.15, -0.1) is 0 Å². The Bertz CT molecular complexity index is 1080. The van der Waals surface area contributed by atoms with E-state index in [1.165, 1.54) is 30.7 Å². The number of hydrogen-bond donors (Lipinski definition) is 0. The number of fused-ring (bicyclic) bond motifs is 1. The predicted octanol–water partition coefficient (Wildman–Crippen LogP) is 7.63. The molecule has 0 spiro atoms. The quantitative estimate of drug-likeness (QED) is 0.214. The van der Waals surface area contributed by atoms with E-state index in [0.717, 1.165) is 44.6 Å². The molecule has 0 aliphatic heterocycles. The lowest BCUT2D eigenvalue weighted by Crippen LogP contribution is -2.18. The maximum absolute atomic E-state index is 14.8. The monoisotopic (exact) mass is 472 g/mol. The van der Waals surface area contributed by atoms with Gasteiger partial charge in [0.2, 0.25) is 5.82 Å². The van der Waals surface area contributed by atoms with E-state index in [9.17, 15) is 18.0 Å². The van der Waals surface area contributed by atoms with Gasteiger partial charge in [0.25, 0.3) is 0 Å². The van der Waals surface area contributed by atoms with Crippen molar-refractivity contribution in [1.82, 2.24) is 0 Å². The van der Waals surface area contributed by atoms with Crippen molar-refractivity contribution in [1.29, 1.82) is 0 Å². The SMILES string of the molecule is CCCCOc1ccc(-c2ccc(OC(=O)C3=CCC4C(CCC)CCC34)cc2F)c(F)c1F. The average molecular weight is 473 g/mol. The van der Waals surface area contributed by atoms with E-state index in [1.54, 1.807) is 0 Å². The van der Waals surface area contributed by atoms with Crippen LogP contribution in [0.3, 0.4) is 0 Å². The molecule has 3 atom stereocenters. The molecule has 34 heavy (non-hydrogen) atoms. The molecule has 2 aromatic carbocycles. The molecular weight excluding hydrogens is 441 g/mol. The Balaban J connectivity index is 1.46. The highest BCUT2D eigenvalue weighted by molar-refractivity contribution is 5.91. The maximum Gasteiger partial charge on any atom is 0.339 e. The zero-order valence-electron chi connectivity index (χ0n) is 19.7. The van der Waals surface area contributed by atoms with Gasteiger partial charge in [-0.2, -0.15) is 4.39 Å². The number of benzene rings is 2. The molecule has 4 rings (SSSR count). The summed E-state index contributed by atoms with van der Waals surface area (Å²) in [5.41, 5.74) is 0.347. The van der Waals surface area contributed by atoms with Gasteiger partial charge in [0, 0.05) is 22.8 Å². The number of esters is 1. The third-order valence-corrected chi connectivity index (χ3v) is 7.12. The van der Waals surface area contributed by atoms with E-state index >= 15 is 0 Å². The number of ether oxygens (including phenoxy) is 2. The summed E-state index contributed by atoms with van der Waals surface area (Å²) in [4.78, 5) is 12.8. The molecule has 2 aliphatic carbocycles. The first-order chi connectivity index (χ1) is 16.4. The van der Waals surface area contributed by atoms with Gasteiger partial charge in [-0.1, -0.05) is 39.2 Å². The summed E-state index contributed by atoms with van der Waals surface area (Å²) >= 11 is 0. The van der Waals surface area contributed by atoms with Gasteiger partial charge in [0.05, 0.1) is 6.61 Å². The van der Waals surface area contributed by atoms with Crippen LogP contribution in [0, 0.1) is 35.2 Å². The van der Waals surface area contributed by atoms with Crippen molar-refractivity contribution in [2.75, 3.05) is 6.61 Å². The smallest absolute Gasteiger partial charge is 0.339 e. The zero-order valence-corrected chi connectivity index (χ0v) is 19.7. The van der Waals surface area contributed by atoms with Crippen LogP contribution in [0.15, 0.2) is 42.0 Å². The number of hydrogen-bond acceptors (Lipinski definition) is 3. The summed E-state index contributed by atoms with van der Waals surface area (Å²) < 4.78 is 54.6. The molecule has 2 aromatic rings. The number of allylic oxidation sites excluding steroid dienone is 1. The first-order valence-corrected chi connectivity index (χ1v) is 12.3. The van der Waals surface area contributed by atoms with Crippen molar-refractivity contribution in [2.45, 2.75) is 58.8 Å². The molecule has 182 valence electrons. The van der Waals surface area contributed by atoms with Crippen LogP contribution in [-0.4, -0.2) is 12.6 Å². The highest BCUT2D eigenvalue weighted by atomic mass is 19.2. The highest BCUT2D eigenvalue weighted by Gasteiger charge is 2.42. The molecule has 0 aromatic heterocycles. The largest absolute Gasteiger partial charge is 0.490 e. The zero-order chi connectivity index (χ0) is 24.2. The summed E-state index contributed by atoms with van der Waals surface area (Å²) in [7, 11) is 0. The third kappa shape index (κ3) is 4.86. The number of halogens is 3. The molecule has 0 saturated heterocycles. The molecule has 3 unspecified atom stereocenters. The van der Waals surface area contributed by atoms with Crippen LogP contribution in [0.25, 0.3) is 11.1 Å². The summed E-state index contributed by atoms with van der Waals surface area (Å²) in [6, 6.07) is 6.33. The van der Waals surface area contributed by atoms with Crippen LogP contribution in [-0.2, 0) is 4.79 Å². The van der Waals surface area contributed by atoms with Crippen molar-refractivity contribution >= 4 is 5.97 Å². The summed E-state index contributed by atoms with van der Waals surface area (Å²) in [6.07, 6.45) is 8.85. The maximum atomic E-state index is 14.8. The van der Waals surface area contributed by atoms with Crippen molar-refractivity contribution in [3.8, 4) is 22.6 Å². The first kappa shape index (κ1) is 24.4. The normalized spacial score (nSPS) is 21.3. The summed E-state index contributed by atoms with van der Waals surface area (Å²) in [5, 5.41) is 0. The van der Waals surface area contributed by atoms with Gasteiger partial charge in [0.1, 0.15) is 11.6 Å². The van der Waals surface area contributed by atoms with Gasteiger partial charge in [-0.3, -0.25) is 0 Å². The molecule has 1 saturated carbocycles. The Hall–Kier alpha value is -2.76. The van der Waals surface area contributed by atoms with E-state index in [1.807, 2.05) is 13.0 Å². The first-order valence-electron chi connectivity index (χ1n) is 12.3. The van der Waals surface area contributed by atoms with Crippen molar-refractivity contribution in [3.05, 3.63) is 59.4 Å². The topological polar surface area (TPSA) is 35.5 Å². The minimum atomic E-state index is -1.18. The van der Waals surface area contributed by atoms with E-state index in [0.29, 0.717) is 17.4 Å². The standard InChI is InChI=1S/C28H31F3O3/c1-3-5-15-33-25-14-13-22(26(30)27(25)31)21-10-8-18(16-24(21)29)34-28(32)23-12-11-19-17(6-4-2)7-9-20(19)23/h8,10,12-14,16-17,19-20H,3-7,9,11,15H2,1-2H3. The van der Waals surface area contributed by atoms with E-state index in [4.69, 9.17) is 9.47 Å². The van der Waals surface area contributed by atoms with Gasteiger partial charge in [-0.05, 0) is 67.7 Å². The number of rotatable bonds is 9. The fraction of sp³-hybridized carbons (Fsp3) is 0.464. The second kappa shape index (κ2) is 10.7. The van der Waals surface area contributed by atoms with E-state index in [-0.39, 0.29) is 35.2 Å². The summed E-state index contributed by atoms with van der Waals surface area (Å²) in [5.74, 6) is -2.39. The molecule has 0 amide bonds. The Morgan fingerprint density at radius 3 is 2.53 bits per heavy atom. The van der Waals surface area contributed by atoms with E-state index in [2.05, 4.69) is 6.92 Å². The van der Waals surface area contributed by atoms with Crippen molar-refractivity contribution in [3.63, 3.8) is 0 Å². The Kier molecular flexibility index (Phi) is 7.64. The molecule has 0 heterocycles. The fourth-order valence-corrected chi connectivity index (χ4v) is 5.39. The minimum Gasteiger partial charge on any atom is -0.490 e. The third-order valence-electron chi connectivity index (χ3n) is 7.12. The van der Waals surface area contributed by atoms with Crippen LogP contribution in [0.2, 0.25) is 0 Å². The van der Waals surface area contributed by atoms with Crippen LogP contribution in [0.1, 0.15) is 58.8 Å². The van der Waals surface area contributed by atoms with Crippen LogP contribution in [0.4, 0.5) is 13.2 Å². The summed E-state index contributed by atoms with van der Waals surface area (Å²) in [6.45, 7) is 4.42. The molecule has 0 N–H and O–H groups in total. The van der Waals surface area contributed by atoms with Crippen LogP contribution < -0.4 is 9.47 Å². The second-order valence-electron chi connectivity index (χ2n) is 9.26. The average Bonchev–Trinajstić information content (AvgIpc) is 3.41. The molecular formula is C28H31F3O3. The van der Waals surface area contributed by atoms with Crippen molar-refractivity contribution < 1.29 is 27.4 Å². The lowest BCUT2D eigenvalue weighted by molar-refractivity contribution is -0.130. The Labute approximate surface area is 199 Å². The molecule has 3 nitrogen and oxygen atoms in total. The second-order valence-corrected chi connectivity index (χ2v) is 9.26. The number of carbonyl (C=O) groups excluding carboxylic acids is 1.